The molecule has 2 aromatic carbocycles. The van der Waals surface area contributed by atoms with Crippen LogP contribution >= 0.6 is 0 Å². The summed E-state index contributed by atoms with van der Waals surface area (Å²) in [6.45, 7) is 2.70. The lowest BCUT2D eigenvalue weighted by Crippen LogP contribution is -2.15. The Balaban J connectivity index is 1.43. The molecule has 0 unspecified atom stereocenters. The number of aromatic nitrogens is 3. The van der Waals surface area contributed by atoms with E-state index in [0.29, 0.717) is 18.1 Å². The predicted molar refractivity (Wildman–Crippen MR) is 110 cm³/mol. The quantitative estimate of drug-likeness (QED) is 0.551. The molecule has 0 aliphatic heterocycles. The highest BCUT2D eigenvalue weighted by molar-refractivity contribution is 6.07. The second-order valence-electron chi connectivity index (χ2n) is 6.48. The fraction of sp³-hybridized carbons (Fsp3) is 0.0909. The average Bonchev–Trinajstić information content (AvgIpc) is 2.74. The second-order valence-corrected chi connectivity index (χ2v) is 6.48. The Morgan fingerprint density at radius 3 is 2.54 bits per heavy atom. The first-order chi connectivity index (χ1) is 13.7. The van der Waals surface area contributed by atoms with Gasteiger partial charge in [-0.1, -0.05) is 48.0 Å². The van der Waals surface area contributed by atoms with Gasteiger partial charge in [-0.25, -0.2) is 0 Å². The lowest BCUT2D eigenvalue weighted by atomic mass is 10.1. The van der Waals surface area contributed by atoms with Crippen molar-refractivity contribution in [2.45, 2.75) is 13.5 Å². The number of carbonyl (C=O) groups is 1. The van der Waals surface area contributed by atoms with Crippen LogP contribution < -0.4 is 10.6 Å². The summed E-state index contributed by atoms with van der Waals surface area (Å²) in [5.74, 6) is 0.291. The Morgan fingerprint density at radius 1 is 0.929 bits per heavy atom. The zero-order chi connectivity index (χ0) is 19.3. The molecule has 6 nitrogen and oxygen atoms in total. The number of hydrogen-bond donors (Lipinski definition) is 2. The molecule has 0 fully saturated rings. The minimum absolute atomic E-state index is 0.244. The van der Waals surface area contributed by atoms with Crippen molar-refractivity contribution in [1.82, 2.24) is 15.2 Å². The minimum atomic E-state index is -0.323. The molecule has 28 heavy (non-hydrogen) atoms. The van der Waals surface area contributed by atoms with Crippen LogP contribution in [0.4, 0.5) is 11.5 Å². The van der Waals surface area contributed by atoms with Gasteiger partial charge in [-0.2, -0.15) is 0 Å². The van der Waals surface area contributed by atoms with E-state index in [0.717, 1.165) is 16.5 Å². The smallest absolute Gasteiger partial charge is 0.276 e. The summed E-state index contributed by atoms with van der Waals surface area (Å²) in [5, 5.41) is 15.2. The molecule has 0 saturated carbocycles. The van der Waals surface area contributed by atoms with Gasteiger partial charge in [0.1, 0.15) is 5.82 Å². The zero-order valence-electron chi connectivity index (χ0n) is 15.4. The van der Waals surface area contributed by atoms with Crippen molar-refractivity contribution < 1.29 is 4.79 Å². The van der Waals surface area contributed by atoms with Crippen LogP contribution in [0.25, 0.3) is 10.9 Å². The van der Waals surface area contributed by atoms with E-state index < -0.39 is 0 Å². The molecule has 2 N–H and O–H groups in total. The Labute approximate surface area is 162 Å². The summed E-state index contributed by atoms with van der Waals surface area (Å²) in [4.78, 5) is 16.9. The minimum Gasteiger partial charge on any atom is -0.365 e. The molecular formula is C22H19N5O. The topological polar surface area (TPSA) is 79.8 Å². The summed E-state index contributed by atoms with van der Waals surface area (Å²) < 4.78 is 0. The number of rotatable bonds is 5. The van der Waals surface area contributed by atoms with Gasteiger partial charge < -0.3 is 10.6 Å². The summed E-state index contributed by atoms with van der Waals surface area (Å²) in [5.41, 5.74) is 4.00. The molecule has 1 amide bonds. The van der Waals surface area contributed by atoms with Gasteiger partial charge in [0.25, 0.3) is 5.91 Å². The molecule has 0 spiro atoms. The number of nitrogens with one attached hydrogen (secondary N) is 2. The van der Waals surface area contributed by atoms with Gasteiger partial charge in [0.2, 0.25) is 0 Å². The van der Waals surface area contributed by atoms with Gasteiger partial charge >= 0.3 is 0 Å². The van der Waals surface area contributed by atoms with E-state index in [9.17, 15) is 4.79 Å². The van der Waals surface area contributed by atoms with E-state index in [-0.39, 0.29) is 11.6 Å². The SMILES string of the molecule is Cc1ccc(CNc2ccc(C(=O)Nc3cccc4cccnc34)nn2)cc1. The maximum absolute atomic E-state index is 12.5. The summed E-state index contributed by atoms with van der Waals surface area (Å²) >= 11 is 0. The predicted octanol–water partition coefficient (Wildman–Crippen LogP) is 4.20. The van der Waals surface area contributed by atoms with E-state index in [1.165, 1.54) is 5.56 Å². The molecule has 4 aromatic rings. The van der Waals surface area contributed by atoms with Crippen molar-refractivity contribution in [3.63, 3.8) is 0 Å². The van der Waals surface area contributed by atoms with Crippen molar-refractivity contribution in [2.75, 3.05) is 10.6 Å². The van der Waals surface area contributed by atoms with Gasteiger partial charge in [-0.15, -0.1) is 10.2 Å². The molecule has 0 aliphatic rings. The van der Waals surface area contributed by atoms with E-state index in [2.05, 4.69) is 57.0 Å². The van der Waals surface area contributed by atoms with Crippen molar-refractivity contribution >= 4 is 28.3 Å². The van der Waals surface area contributed by atoms with Crippen LogP contribution in [0, 0.1) is 6.92 Å². The molecule has 0 saturated heterocycles. The number of nitrogens with zero attached hydrogens (tertiary/aromatic N) is 3. The number of aryl methyl sites for hydroxylation is 1. The Kier molecular flexibility index (Phi) is 4.93. The standard InChI is InChI=1S/C22H19N5O/c1-15-7-9-16(10-8-15)14-24-20-12-11-19(26-27-20)22(28)25-18-6-2-4-17-5-3-13-23-21(17)18/h2-13H,14H2,1H3,(H,24,27)(H,25,28). The largest absolute Gasteiger partial charge is 0.365 e. The molecule has 138 valence electrons. The molecule has 2 aromatic heterocycles. The Morgan fingerprint density at radius 2 is 1.75 bits per heavy atom. The third-order valence-corrected chi connectivity index (χ3v) is 4.37. The van der Waals surface area contributed by atoms with E-state index >= 15 is 0 Å². The Bertz CT molecular complexity index is 1100. The fourth-order valence-corrected chi connectivity index (χ4v) is 2.84. The molecule has 6 heteroatoms. The zero-order valence-corrected chi connectivity index (χ0v) is 15.4. The summed E-state index contributed by atoms with van der Waals surface area (Å²) in [7, 11) is 0. The monoisotopic (exact) mass is 369 g/mol. The fourth-order valence-electron chi connectivity index (χ4n) is 2.84. The van der Waals surface area contributed by atoms with Crippen LogP contribution in [0.3, 0.4) is 0 Å². The average molecular weight is 369 g/mol. The number of fused-ring (bicyclic) bond motifs is 1. The van der Waals surface area contributed by atoms with Crippen molar-refractivity contribution in [1.29, 1.82) is 0 Å². The van der Waals surface area contributed by atoms with E-state index in [4.69, 9.17) is 0 Å². The number of carbonyl (C=O) groups excluding carboxylic acids is 1. The molecular weight excluding hydrogens is 350 g/mol. The van der Waals surface area contributed by atoms with Crippen LogP contribution in [-0.4, -0.2) is 21.1 Å². The van der Waals surface area contributed by atoms with Gasteiger partial charge in [0, 0.05) is 18.1 Å². The number of benzene rings is 2. The molecule has 4 rings (SSSR count). The number of amides is 1. The van der Waals surface area contributed by atoms with Crippen molar-refractivity contribution in [3.05, 3.63) is 89.7 Å². The van der Waals surface area contributed by atoms with Gasteiger partial charge in [0.05, 0.1) is 11.2 Å². The highest BCUT2D eigenvalue weighted by Crippen LogP contribution is 2.21. The van der Waals surface area contributed by atoms with Crippen LogP contribution in [0.15, 0.2) is 72.9 Å². The molecule has 0 atom stereocenters. The van der Waals surface area contributed by atoms with Crippen LogP contribution in [0.5, 0.6) is 0 Å². The first kappa shape index (κ1) is 17.6. The molecule has 0 aliphatic carbocycles. The molecule has 0 radical (unpaired) electrons. The third-order valence-electron chi connectivity index (χ3n) is 4.37. The summed E-state index contributed by atoms with van der Waals surface area (Å²) in [6, 6.07) is 21.1. The van der Waals surface area contributed by atoms with Crippen LogP contribution in [0.1, 0.15) is 21.6 Å². The highest BCUT2D eigenvalue weighted by atomic mass is 16.1. The van der Waals surface area contributed by atoms with Crippen LogP contribution in [-0.2, 0) is 6.54 Å². The maximum Gasteiger partial charge on any atom is 0.276 e. The molecule has 2 heterocycles. The summed E-state index contributed by atoms with van der Waals surface area (Å²) in [6.07, 6.45) is 1.70. The van der Waals surface area contributed by atoms with Gasteiger partial charge in [-0.05, 0) is 36.8 Å². The third kappa shape index (κ3) is 3.96. The van der Waals surface area contributed by atoms with Gasteiger partial charge in [0.15, 0.2) is 5.69 Å². The Hall–Kier alpha value is -3.80. The van der Waals surface area contributed by atoms with Gasteiger partial charge in [-0.3, -0.25) is 9.78 Å². The number of pyridine rings is 1. The van der Waals surface area contributed by atoms with Crippen molar-refractivity contribution in [2.24, 2.45) is 0 Å². The normalized spacial score (nSPS) is 10.6. The highest BCUT2D eigenvalue weighted by Gasteiger charge is 2.11. The maximum atomic E-state index is 12.5. The number of para-hydroxylation sites is 1. The first-order valence-corrected chi connectivity index (χ1v) is 8.97. The van der Waals surface area contributed by atoms with E-state index in [1.54, 1.807) is 18.3 Å². The number of anilines is 2. The lowest BCUT2D eigenvalue weighted by molar-refractivity contribution is 0.102. The lowest BCUT2D eigenvalue weighted by Gasteiger charge is -2.08. The molecule has 0 bridgehead atoms. The second kappa shape index (κ2) is 7.84. The van der Waals surface area contributed by atoms with Crippen molar-refractivity contribution in [3.8, 4) is 0 Å². The first-order valence-electron chi connectivity index (χ1n) is 8.97. The van der Waals surface area contributed by atoms with E-state index in [1.807, 2.05) is 30.3 Å². The number of hydrogen-bond acceptors (Lipinski definition) is 5. The van der Waals surface area contributed by atoms with Crippen LogP contribution in [0.2, 0.25) is 0 Å².